The van der Waals surface area contributed by atoms with E-state index in [4.69, 9.17) is 4.74 Å². The Labute approximate surface area is 174 Å². The third kappa shape index (κ3) is 6.32. The Morgan fingerprint density at radius 2 is 1.59 bits per heavy atom. The third-order valence-corrected chi connectivity index (χ3v) is 5.96. The molecule has 0 saturated heterocycles. The Bertz CT molecular complexity index is 926. The monoisotopic (exact) mass is 417 g/mol. The lowest BCUT2D eigenvalue weighted by molar-refractivity contribution is -0.128. The molecule has 158 valence electrons. The zero-order valence-corrected chi connectivity index (χ0v) is 18.8. The largest absolute Gasteiger partial charge is 0.481 e. The molecule has 1 N–H and O–H groups in total. The van der Waals surface area contributed by atoms with Crippen molar-refractivity contribution in [1.82, 2.24) is 5.32 Å². The van der Waals surface area contributed by atoms with Gasteiger partial charge in [0.15, 0.2) is 15.9 Å². The molecule has 2 aromatic carbocycles. The van der Waals surface area contributed by atoms with Gasteiger partial charge in [0, 0.05) is 6.26 Å². The summed E-state index contributed by atoms with van der Waals surface area (Å²) in [5.41, 5.74) is 2.09. The van der Waals surface area contributed by atoms with Crippen molar-refractivity contribution in [2.24, 2.45) is 0 Å². The highest BCUT2D eigenvalue weighted by molar-refractivity contribution is 7.90. The van der Waals surface area contributed by atoms with Gasteiger partial charge in [-0.25, -0.2) is 8.42 Å². The maximum Gasteiger partial charge on any atom is 0.261 e. The van der Waals surface area contributed by atoms with E-state index in [0.717, 1.165) is 5.56 Å². The second kappa shape index (κ2) is 8.99. The molecule has 0 radical (unpaired) electrons. The lowest BCUT2D eigenvalue weighted by Gasteiger charge is -2.22. The van der Waals surface area contributed by atoms with Crippen LogP contribution in [0.3, 0.4) is 0 Å². The number of carbonyl (C=O) groups excluding carboxylic acids is 1. The van der Waals surface area contributed by atoms with E-state index in [2.05, 4.69) is 26.1 Å². The van der Waals surface area contributed by atoms with Crippen LogP contribution in [0.5, 0.6) is 5.75 Å². The van der Waals surface area contributed by atoms with E-state index < -0.39 is 15.9 Å². The summed E-state index contributed by atoms with van der Waals surface area (Å²) in [6, 6.07) is 14.1. The van der Waals surface area contributed by atoms with Gasteiger partial charge in [-0.3, -0.25) is 4.79 Å². The minimum atomic E-state index is -3.24. The van der Waals surface area contributed by atoms with Crippen LogP contribution in [0, 0.1) is 0 Å². The van der Waals surface area contributed by atoms with Crippen LogP contribution in [0.15, 0.2) is 53.4 Å². The zero-order valence-electron chi connectivity index (χ0n) is 18.0. The highest BCUT2D eigenvalue weighted by atomic mass is 32.2. The van der Waals surface area contributed by atoms with Crippen LogP contribution < -0.4 is 10.1 Å². The quantitative estimate of drug-likeness (QED) is 0.724. The van der Waals surface area contributed by atoms with Crippen LogP contribution >= 0.6 is 0 Å². The summed E-state index contributed by atoms with van der Waals surface area (Å²) in [5.74, 6) is 0.456. The molecule has 0 saturated carbocycles. The van der Waals surface area contributed by atoms with Crippen LogP contribution in [0.25, 0.3) is 0 Å². The predicted octanol–water partition coefficient (Wildman–Crippen LogP) is 4.42. The lowest BCUT2D eigenvalue weighted by atomic mass is 9.87. The van der Waals surface area contributed by atoms with Gasteiger partial charge < -0.3 is 10.1 Å². The number of hydrogen-bond donors (Lipinski definition) is 1. The van der Waals surface area contributed by atoms with Gasteiger partial charge >= 0.3 is 0 Å². The molecule has 1 amide bonds. The van der Waals surface area contributed by atoms with Gasteiger partial charge in [0.05, 0.1) is 10.9 Å². The normalized spacial score (nSPS) is 14.1. The van der Waals surface area contributed by atoms with Gasteiger partial charge in [-0.2, -0.15) is 0 Å². The molecule has 29 heavy (non-hydrogen) atoms. The summed E-state index contributed by atoms with van der Waals surface area (Å²) in [6.45, 7) is 10.2. The molecule has 0 unspecified atom stereocenters. The number of nitrogens with one attached hydrogen (secondary N) is 1. The molecule has 0 aromatic heterocycles. The van der Waals surface area contributed by atoms with Crippen molar-refractivity contribution in [2.75, 3.05) is 6.26 Å². The average Bonchev–Trinajstić information content (AvgIpc) is 2.65. The van der Waals surface area contributed by atoms with Crippen molar-refractivity contribution in [3.8, 4) is 5.75 Å². The van der Waals surface area contributed by atoms with E-state index in [1.54, 1.807) is 24.3 Å². The van der Waals surface area contributed by atoms with Crippen molar-refractivity contribution in [3.63, 3.8) is 0 Å². The number of carbonyl (C=O) groups is 1. The molecule has 0 aliphatic rings. The first kappa shape index (κ1) is 22.9. The molecule has 0 aliphatic heterocycles. The standard InChI is InChI=1S/C23H31NO4S/c1-7-21(28-19-12-10-18(11-13-19)23(3,4)5)22(25)24-16(2)17-8-14-20(15-9-17)29(6,26)27/h8-16,21H,7H2,1-6H3,(H,24,25)/t16-,21-/m0/s1. The molecule has 2 aromatic rings. The van der Waals surface area contributed by atoms with Crippen LogP contribution in [-0.4, -0.2) is 26.7 Å². The maximum atomic E-state index is 12.7. The molecule has 5 nitrogen and oxygen atoms in total. The summed E-state index contributed by atoms with van der Waals surface area (Å²) in [6.07, 6.45) is 1.10. The maximum absolute atomic E-state index is 12.7. The fourth-order valence-electron chi connectivity index (χ4n) is 2.91. The number of hydrogen-bond acceptors (Lipinski definition) is 4. The number of sulfone groups is 1. The Morgan fingerprint density at radius 1 is 1.03 bits per heavy atom. The number of amides is 1. The van der Waals surface area contributed by atoms with Gasteiger partial charge in [-0.15, -0.1) is 0 Å². The Hall–Kier alpha value is -2.34. The summed E-state index contributed by atoms with van der Waals surface area (Å²) < 4.78 is 29.1. The van der Waals surface area contributed by atoms with E-state index in [-0.39, 0.29) is 22.3 Å². The fourth-order valence-corrected chi connectivity index (χ4v) is 3.54. The topological polar surface area (TPSA) is 72.5 Å². The molecule has 0 spiro atoms. The lowest BCUT2D eigenvalue weighted by Crippen LogP contribution is -2.39. The molecular formula is C23H31NO4S. The highest BCUT2D eigenvalue weighted by Crippen LogP contribution is 2.25. The average molecular weight is 418 g/mol. The van der Waals surface area contributed by atoms with Crippen molar-refractivity contribution in [2.45, 2.75) is 63.5 Å². The van der Waals surface area contributed by atoms with E-state index in [1.807, 2.05) is 38.1 Å². The van der Waals surface area contributed by atoms with E-state index in [9.17, 15) is 13.2 Å². The molecule has 6 heteroatoms. The number of benzene rings is 2. The first-order valence-electron chi connectivity index (χ1n) is 9.79. The van der Waals surface area contributed by atoms with Crippen LogP contribution in [0.1, 0.15) is 58.2 Å². The molecular weight excluding hydrogens is 386 g/mol. The van der Waals surface area contributed by atoms with Gasteiger partial charge in [0.1, 0.15) is 5.75 Å². The third-order valence-electron chi connectivity index (χ3n) is 4.83. The zero-order chi connectivity index (χ0) is 21.8. The van der Waals surface area contributed by atoms with Crippen LogP contribution in [0.4, 0.5) is 0 Å². The second-order valence-corrected chi connectivity index (χ2v) is 10.4. The minimum Gasteiger partial charge on any atom is -0.481 e. The molecule has 2 rings (SSSR count). The Kier molecular flexibility index (Phi) is 7.11. The van der Waals surface area contributed by atoms with Gasteiger partial charge in [0.2, 0.25) is 0 Å². The molecule has 0 fully saturated rings. The van der Waals surface area contributed by atoms with Crippen LogP contribution in [0.2, 0.25) is 0 Å². The number of ether oxygens (including phenoxy) is 1. The van der Waals surface area contributed by atoms with Crippen molar-refractivity contribution < 1.29 is 17.9 Å². The first-order chi connectivity index (χ1) is 13.4. The van der Waals surface area contributed by atoms with E-state index in [0.29, 0.717) is 12.2 Å². The molecule has 0 bridgehead atoms. The van der Waals surface area contributed by atoms with Gasteiger partial charge in [-0.05, 0) is 54.2 Å². The Balaban J connectivity index is 2.03. The Morgan fingerprint density at radius 3 is 2.03 bits per heavy atom. The second-order valence-electron chi connectivity index (χ2n) is 8.36. The van der Waals surface area contributed by atoms with Gasteiger partial charge in [-0.1, -0.05) is 52.0 Å². The minimum absolute atomic E-state index is 0.0577. The SMILES string of the molecule is CC[C@H](Oc1ccc(C(C)(C)C)cc1)C(=O)N[C@@H](C)c1ccc(S(C)(=O)=O)cc1. The summed E-state index contributed by atoms with van der Waals surface area (Å²) in [7, 11) is -3.24. The fraction of sp³-hybridized carbons (Fsp3) is 0.435. The molecule has 0 heterocycles. The van der Waals surface area contributed by atoms with Crippen molar-refractivity contribution in [1.29, 1.82) is 0 Å². The summed E-state index contributed by atoms with van der Waals surface area (Å²) in [4.78, 5) is 12.9. The predicted molar refractivity (Wildman–Crippen MR) is 116 cm³/mol. The van der Waals surface area contributed by atoms with Gasteiger partial charge in [0.25, 0.3) is 5.91 Å². The molecule has 0 aliphatic carbocycles. The van der Waals surface area contributed by atoms with E-state index in [1.165, 1.54) is 11.8 Å². The van der Waals surface area contributed by atoms with Crippen molar-refractivity contribution >= 4 is 15.7 Å². The smallest absolute Gasteiger partial charge is 0.261 e. The molecule has 2 atom stereocenters. The van der Waals surface area contributed by atoms with Crippen molar-refractivity contribution in [3.05, 3.63) is 59.7 Å². The van der Waals surface area contributed by atoms with E-state index >= 15 is 0 Å². The van der Waals surface area contributed by atoms with Crippen LogP contribution in [-0.2, 0) is 20.0 Å². The number of rotatable bonds is 7. The summed E-state index contributed by atoms with van der Waals surface area (Å²) in [5, 5.41) is 2.95. The summed E-state index contributed by atoms with van der Waals surface area (Å²) >= 11 is 0. The highest BCUT2D eigenvalue weighted by Gasteiger charge is 2.21. The first-order valence-corrected chi connectivity index (χ1v) is 11.7.